The molecule has 0 N–H and O–H groups in total. The van der Waals surface area contributed by atoms with Gasteiger partial charge in [-0.05, 0) is 26.8 Å². The molecule has 1 saturated heterocycles. The Kier molecular flexibility index (Phi) is 3.13. The smallest absolute Gasteiger partial charge is 0.200 e. The van der Waals surface area contributed by atoms with Crippen molar-refractivity contribution in [3.63, 3.8) is 0 Å². The van der Waals surface area contributed by atoms with Crippen molar-refractivity contribution in [3.8, 4) is 5.75 Å². The van der Waals surface area contributed by atoms with E-state index < -0.39 is 22.7 Å². The number of carbonyl (C=O) groups excluding carboxylic acids is 1. The van der Waals surface area contributed by atoms with Gasteiger partial charge in [-0.3, -0.25) is 4.79 Å². The Morgan fingerprint density at radius 1 is 1.26 bits per heavy atom. The second kappa shape index (κ2) is 4.27. The maximum Gasteiger partial charge on any atom is 0.200 e. The Morgan fingerprint density at radius 2 is 1.89 bits per heavy atom. The van der Waals surface area contributed by atoms with Crippen molar-refractivity contribution >= 4 is 5.78 Å². The SMILES string of the molecule is COc1c(C2(C)C(=O)COC2(C)C)ccc(F)c1F. The van der Waals surface area contributed by atoms with Crippen LogP contribution in [0.1, 0.15) is 26.3 Å². The molecule has 5 heteroatoms. The lowest BCUT2D eigenvalue weighted by atomic mass is 9.69. The molecular formula is C14H16F2O3. The zero-order chi connectivity index (χ0) is 14.4. The normalized spacial score (nSPS) is 25.7. The van der Waals surface area contributed by atoms with Crippen molar-refractivity contribution < 1.29 is 23.0 Å². The van der Waals surface area contributed by atoms with Crippen LogP contribution in [-0.4, -0.2) is 25.1 Å². The fourth-order valence-electron chi connectivity index (χ4n) is 2.47. The zero-order valence-corrected chi connectivity index (χ0v) is 11.3. The number of ether oxygens (including phenoxy) is 2. The Morgan fingerprint density at radius 3 is 2.37 bits per heavy atom. The molecule has 1 unspecified atom stereocenters. The van der Waals surface area contributed by atoms with Crippen molar-refractivity contribution in [2.24, 2.45) is 0 Å². The molecule has 0 aliphatic carbocycles. The number of Topliss-reactive ketones (excluding diaryl/α,β-unsaturated/α-hetero) is 1. The van der Waals surface area contributed by atoms with Gasteiger partial charge in [0.25, 0.3) is 0 Å². The van der Waals surface area contributed by atoms with Crippen LogP contribution in [0.15, 0.2) is 12.1 Å². The first-order valence-electron chi connectivity index (χ1n) is 5.95. The Bertz CT molecular complexity index is 540. The summed E-state index contributed by atoms with van der Waals surface area (Å²) in [5.74, 6) is -2.51. The lowest BCUT2D eigenvalue weighted by molar-refractivity contribution is -0.121. The summed E-state index contributed by atoms with van der Waals surface area (Å²) >= 11 is 0. The molecule has 1 atom stereocenters. The van der Waals surface area contributed by atoms with Crippen molar-refractivity contribution in [3.05, 3.63) is 29.3 Å². The van der Waals surface area contributed by atoms with Gasteiger partial charge in [-0.2, -0.15) is 4.39 Å². The Hall–Kier alpha value is -1.49. The number of hydrogen-bond donors (Lipinski definition) is 0. The fraction of sp³-hybridized carbons (Fsp3) is 0.500. The van der Waals surface area contributed by atoms with E-state index in [1.165, 1.54) is 13.2 Å². The van der Waals surface area contributed by atoms with Crippen LogP contribution in [0.4, 0.5) is 8.78 Å². The highest BCUT2D eigenvalue weighted by Crippen LogP contribution is 2.47. The maximum atomic E-state index is 13.8. The lowest BCUT2D eigenvalue weighted by Crippen LogP contribution is -2.45. The number of hydrogen-bond acceptors (Lipinski definition) is 3. The molecule has 1 aromatic rings. The van der Waals surface area contributed by atoms with Crippen LogP contribution >= 0.6 is 0 Å². The van der Waals surface area contributed by atoms with E-state index in [2.05, 4.69) is 0 Å². The monoisotopic (exact) mass is 270 g/mol. The van der Waals surface area contributed by atoms with Gasteiger partial charge < -0.3 is 9.47 Å². The molecule has 0 bridgehead atoms. The van der Waals surface area contributed by atoms with E-state index in [1.807, 2.05) is 0 Å². The highest BCUT2D eigenvalue weighted by atomic mass is 19.2. The van der Waals surface area contributed by atoms with Crippen LogP contribution in [0.3, 0.4) is 0 Å². The molecule has 1 aliphatic rings. The molecular weight excluding hydrogens is 254 g/mol. The van der Waals surface area contributed by atoms with Gasteiger partial charge >= 0.3 is 0 Å². The summed E-state index contributed by atoms with van der Waals surface area (Å²) in [6, 6.07) is 2.38. The number of rotatable bonds is 2. The van der Waals surface area contributed by atoms with Crippen LogP contribution in [0.5, 0.6) is 5.75 Å². The van der Waals surface area contributed by atoms with E-state index in [-0.39, 0.29) is 18.1 Å². The molecule has 0 saturated carbocycles. The predicted octanol–water partition coefficient (Wildman–Crippen LogP) is 2.61. The summed E-state index contributed by atoms with van der Waals surface area (Å²) in [4.78, 5) is 12.2. The minimum Gasteiger partial charge on any atom is -0.493 e. The molecule has 0 amide bonds. The Balaban J connectivity index is 2.71. The summed E-state index contributed by atoms with van der Waals surface area (Å²) in [5.41, 5.74) is -1.59. The molecule has 104 valence electrons. The number of methoxy groups -OCH3 is 1. The number of halogens is 2. The summed E-state index contributed by atoms with van der Waals surface area (Å²) in [7, 11) is 1.25. The molecule has 3 nitrogen and oxygen atoms in total. The van der Waals surface area contributed by atoms with E-state index in [1.54, 1.807) is 20.8 Å². The van der Waals surface area contributed by atoms with E-state index >= 15 is 0 Å². The van der Waals surface area contributed by atoms with Crippen molar-refractivity contribution in [2.75, 3.05) is 13.7 Å². The molecule has 1 aliphatic heterocycles. The summed E-state index contributed by atoms with van der Waals surface area (Å²) in [6.45, 7) is 5.11. The Labute approximate surface area is 110 Å². The molecule has 19 heavy (non-hydrogen) atoms. The first kappa shape index (κ1) is 13.9. The standard InChI is InChI=1S/C14H16F2O3/c1-13(2)14(3,10(17)7-19-13)8-5-6-9(15)11(16)12(8)18-4/h5-6H,7H2,1-4H3. The third-order valence-corrected chi connectivity index (χ3v) is 4.12. The van der Waals surface area contributed by atoms with E-state index in [4.69, 9.17) is 9.47 Å². The molecule has 0 aromatic heterocycles. The second-order valence-corrected chi connectivity index (χ2v) is 5.29. The fourth-order valence-corrected chi connectivity index (χ4v) is 2.47. The lowest BCUT2D eigenvalue weighted by Gasteiger charge is -2.36. The van der Waals surface area contributed by atoms with Gasteiger partial charge in [0, 0.05) is 5.56 Å². The topological polar surface area (TPSA) is 35.5 Å². The van der Waals surface area contributed by atoms with Crippen LogP contribution in [0.25, 0.3) is 0 Å². The average Bonchev–Trinajstić information content (AvgIpc) is 2.57. The van der Waals surface area contributed by atoms with Gasteiger partial charge in [-0.25, -0.2) is 4.39 Å². The maximum absolute atomic E-state index is 13.8. The van der Waals surface area contributed by atoms with Crippen molar-refractivity contribution in [1.82, 2.24) is 0 Å². The predicted molar refractivity (Wildman–Crippen MR) is 65.3 cm³/mol. The van der Waals surface area contributed by atoms with E-state index in [9.17, 15) is 13.6 Å². The minimum atomic E-state index is -1.09. The first-order chi connectivity index (χ1) is 8.75. The van der Waals surface area contributed by atoms with E-state index in [0.29, 0.717) is 5.56 Å². The number of ketones is 1. The third kappa shape index (κ3) is 1.75. The van der Waals surface area contributed by atoms with Crippen LogP contribution < -0.4 is 4.74 Å². The molecule has 1 fully saturated rings. The van der Waals surface area contributed by atoms with Gasteiger partial charge in [-0.1, -0.05) is 6.07 Å². The highest BCUT2D eigenvalue weighted by molar-refractivity contribution is 5.94. The van der Waals surface area contributed by atoms with Gasteiger partial charge in [0.2, 0.25) is 5.82 Å². The van der Waals surface area contributed by atoms with Crippen molar-refractivity contribution in [1.29, 1.82) is 0 Å². The molecule has 0 spiro atoms. The summed E-state index contributed by atoms with van der Waals surface area (Å²) in [6.07, 6.45) is 0. The van der Waals surface area contributed by atoms with Crippen LogP contribution in [0.2, 0.25) is 0 Å². The first-order valence-corrected chi connectivity index (χ1v) is 5.95. The average molecular weight is 270 g/mol. The summed E-state index contributed by atoms with van der Waals surface area (Å²) < 4.78 is 37.5. The molecule has 1 heterocycles. The summed E-state index contributed by atoms with van der Waals surface area (Å²) in [5, 5.41) is 0. The molecule has 0 radical (unpaired) electrons. The molecule has 2 rings (SSSR count). The number of benzene rings is 1. The largest absolute Gasteiger partial charge is 0.493 e. The van der Waals surface area contributed by atoms with Gasteiger partial charge in [0.05, 0.1) is 18.1 Å². The van der Waals surface area contributed by atoms with Gasteiger partial charge in [0.15, 0.2) is 17.3 Å². The van der Waals surface area contributed by atoms with Crippen LogP contribution in [0, 0.1) is 11.6 Å². The zero-order valence-electron chi connectivity index (χ0n) is 11.3. The third-order valence-electron chi connectivity index (χ3n) is 4.12. The quantitative estimate of drug-likeness (QED) is 0.828. The van der Waals surface area contributed by atoms with E-state index in [0.717, 1.165) is 6.07 Å². The van der Waals surface area contributed by atoms with Gasteiger partial charge in [-0.15, -0.1) is 0 Å². The second-order valence-electron chi connectivity index (χ2n) is 5.29. The van der Waals surface area contributed by atoms with Gasteiger partial charge in [0.1, 0.15) is 6.61 Å². The highest BCUT2D eigenvalue weighted by Gasteiger charge is 2.55. The molecule has 1 aromatic carbocycles. The van der Waals surface area contributed by atoms with Crippen molar-refractivity contribution in [2.45, 2.75) is 31.8 Å². The van der Waals surface area contributed by atoms with Crippen LogP contribution in [-0.2, 0) is 14.9 Å². The minimum absolute atomic E-state index is 0.0500. The number of carbonyl (C=O) groups is 1.